The highest BCUT2D eigenvalue weighted by Crippen LogP contribution is 2.17. The van der Waals surface area contributed by atoms with Gasteiger partial charge in [0.05, 0.1) is 7.11 Å². The Labute approximate surface area is 124 Å². The van der Waals surface area contributed by atoms with Crippen LogP contribution in [0.2, 0.25) is 0 Å². The zero-order valence-electron chi connectivity index (χ0n) is 12.1. The molecule has 1 aromatic rings. The number of carbonyl (C=O) groups is 2. The largest absolute Gasteiger partial charge is 0.467 e. The van der Waals surface area contributed by atoms with Gasteiger partial charge in [0.15, 0.2) is 0 Å². The van der Waals surface area contributed by atoms with Gasteiger partial charge in [0.2, 0.25) is 5.91 Å². The number of benzene rings is 1. The van der Waals surface area contributed by atoms with Crippen molar-refractivity contribution in [2.75, 3.05) is 12.9 Å². The summed E-state index contributed by atoms with van der Waals surface area (Å²) in [4.78, 5) is 24.5. The molecule has 1 amide bonds. The molecule has 0 radical (unpaired) electrons. The number of nitrogens with one attached hydrogen (secondary N) is 1. The molecule has 0 heterocycles. The third-order valence-corrected chi connectivity index (χ3v) is 3.79. The van der Waals surface area contributed by atoms with E-state index in [-0.39, 0.29) is 11.8 Å². The minimum atomic E-state index is -0.575. The van der Waals surface area contributed by atoms with Gasteiger partial charge in [0, 0.05) is 17.1 Å². The maximum atomic E-state index is 11.8. The molecule has 20 heavy (non-hydrogen) atoms. The summed E-state index contributed by atoms with van der Waals surface area (Å²) in [6.45, 7) is 3.75. The van der Waals surface area contributed by atoms with E-state index in [1.165, 1.54) is 7.11 Å². The van der Waals surface area contributed by atoms with E-state index in [4.69, 9.17) is 0 Å². The molecule has 1 atom stereocenters. The van der Waals surface area contributed by atoms with Crippen molar-refractivity contribution in [3.05, 3.63) is 30.3 Å². The molecule has 0 aliphatic heterocycles. The van der Waals surface area contributed by atoms with Gasteiger partial charge in [-0.25, -0.2) is 4.79 Å². The first-order valence-corrected chi connectivity index (χ1v) is 7.58. The van der Waals surface area contributed by atoms with E-state index >= 15 is 0 Å². The lowest BCUT2D eigenvalue weighted by molar-refractivity contribution is -0.146. The lowest BCUT2D eigenvalue weighted by Crippen LogP contribution is -2.45. The fourth-order valence-corrected chi connectivity index (χ4v) is 2.52. The molecule has 0 saturated carbocycles. The monoisotopic (exact) mass is 295 g/mol. The number of methoxy groups -OCH3 is 1. The van der Waals surface area contributed by atoms with E-state index in [0.717, 1.165) is 4.90 Å². The second-order valence-corrected chi connectivity index (χ2v) is 5.89. The van der Waals surface area contributed by atoms with Crippen molar-refractivity contribution in [2.45, 2.75) is 31.2 Å². The van der Waals surface area contributed by atoms with Crippen molar-refractivity contribution in [1.29, 1.82) is 0 Å². The van der Waals surface area contributed by atoms with Crippen LogP contribution in [0.15, 0.2) is 35.2 Å². The van der Waals surface area contributed by atoms with Crippen LogP contribution in [0.1, 0.15) is 20.3 Å². The fraction of sp³-hybridized carbons (Fsp3) is 0.467. The lowest BCUT2D eigenvalue weighted by Gasteiger charge is -2.19. The van der Waals surface area contributed by atoms with Crippen molar-refractivity contribution in [3.63, 3.8) is 0 Å². The number of hydrogen-bond acceptors (Lipinski definition) is 4. The van der Waals surface area contributed by atoms with E-state index in [1.807, 2.05) is 44.2 Å². The summed E-state index contributed by atoms with van der Waals surface area (Å²) in [6, 6.07) is 9.33. The lowest BCUT2D eigenvalue weighted by atomic mass is 10.0. The van der Waals surface area contributed by atoms with Crippen LogP contribution in [0, 0.1) is 5.92 Å². The molecule has 0 bridgehead atoms. The third-order valence-electron chi connectivity index (χ3n) is 2.78. The predicted octanol–water partition coefficient (Wildman–Crippen LogP) is 2.48. The highest BCUT2D eigenvalue weighted by atomic mass is 32.2. The molecule has 110 valence electrons. The van der Waals surface area contributed by atoms with Crippen LogP contribution >= 0.6 is 11.8 Å². The molecule has 0 spiro atoms. The maximum Gasteiger partial charge on any atom is 0.328 e. The van der Waals surface area contributed by atoms with Crippen LogP contribution in [-0.2, 0) is 14.3 Å². The van der Waals surface area contributed by atoms with Gasteiger partial charge < -0.3 is 10.1 Å². The zero-order valence-corrected chi connectivity index (χ0v) is 12.9. The predicted molar refractivity (Wildman–Crippen MR) is 80.6 cm³/mol. The second kappa shape index (κ2) is 8.64. The maximum absolute atomic E-state index is 11.8. The molecular weight excluding hydrogens is 274 g/mol. The molecule has 1 aromatic carbocycles. The van der Waals surface area contributed by atoms with Gasteiger partial charge in [-0.05, 0) is 18.1 Å². The Morgan fingerprint density at radius 2 is 1.90 bits per heavy atom. The standard InChI is InChI=1S/C15H21NO3S/c1-11(2)14(15(18)19-3)16-13(17)9-10-20-12-7-5-4-6-8-12/h4-8,11,14H,9-10H2,1-3H3,(H,16,17). The molecule has 1 N–H and O–H groups in total. The first-order chi connectivity index (χ1) is 9.54. The molecular formula is C15H21NO3S. The molecule has 0 fully saturated rings. The van der Waals surface area contributed by atoms with Gasteiger partial charge in [-0.3, -0.25) is 4.79 Å². The van der Waals surface area contributed by atoms with Gasteiger partial charge in [-0.1, -0.05) is 32.0 Å². The summed E-state index contributed by atoms with van der Waals surface area (Å²) in [6.07, 6.45) is 0.375. The molecule has 1 unspecified atom stereocenters. The summed E-state index contributed by atoms with van der Waals surface area (Å²) in [7, 11) is 1.33. The topological polar surface area (TPSA) is 55.4 Å². The second-order valence-electron chi connectivity index (χ2n) is 4.72. The number of hydrogen-bond donors (Lipinski definition) is 1. The Bertz CT molecular complexity index is 434. The van der Waals surface area contributed by atoms with Crippen molar-refractivity contribution < 1.29 is 14.3 Å². The first-order valence-electron chi connectivity index (χ1n) is 6.59. The van der Waals surface area contributed by atoms with Gasteiger partial charge >= 0.3 is 5.97 Å². The van der Waals surface area contributed by atoms with Crippen molar-refractivity contribution >= 4 is 23.6 Å². The van der Waals surface area contributed by atoms with E-state index in [9.17, 15) is 9.59 Å². The van der Waals surface area contributed by atoms with Crippen molar-refractivity contribution in [3.8, 4) is 0 Å². The smallest absolute Gasteiger partial charge is 0.328 e. The average Bonchev–Trinajstić information content (AvgIpc) is 2.45. The van der Waals surface area contributed by atoms with E-state index in [2.05, 4.69) is 10.1 Å². The van der Waals surface area contributed by atoms with Crippen molar-refractivity contribution in [2.24, 2.45) is 5.92 Å². The number of carbonyl (C=O) groups excluding carboxylic acids is 2. The first kappa shape index (κ1) is 16.6. The summed E-state index contributed by atoms with van der Waals surface area (Å²) in [5.41, 5.74) is 0. The van der Waals surface area contributed by atoms with E-state index in [1.54, 1.807) is 11.8 Å². The van der Waals surface area contributed by atoms with E-state index < -0.39 is 12.0 Å². The number of amides is 1. The van der Waals surface area contributed by atoms with Gasteiger partial charge in [0.25, 0.3) is 0 Å². The molecule has 0 aliphatic carbocycles. The summed E-state index contributed by atoms with van der Waals surface area (Å²) >= 11 is 1.62. The van der Waals surface area contributed by atoms with Gasteiger partial charge in [-0.15, -0.1) is 11.8 Å². The zero-order chi connectivity index (χ0) is 15.0. The summed E-state index contributed by atoms with van der Waals surface area (Å²) in [5.74, 6) is 0.164. The number of esters is 1. The number of ether oxygens (including phenoxy) is 1. The Kier molecular flexibility index (Phi) is 7.15. The van der Waals surface area contributed by atoms with Crippen molar-refractivity contribution in [1.82, 2.24) is 5.32 Å². The Balaban J connectivity index is 2.37. The third kappa shape index (κ3) is 5.65. The minimum absolute atomic E-state index is 0.00757. The Morgan fingerprint density at radius 1 is 1.25 bits per heavy atom. The minimum Gasteiger partial charge on any atom is -0.467 e. The van der Waals surface area contributed by atoms with Crippen LogP contribution in [-0.4, -0.2) is 30.8 Å². The molecule has 0 aromatic heterocycles. The number of rotatable bonds is 7. The van der Waals surface area contributed by atoms with E-state index in [0.29, 0.717) is 12.2 Å². The normalized spacial score (nSPS) is 12.0. The van der Waals surface area contributed by atoms with Gasteiger partial charge in [0.1, 0.15) is 6.04 Å². The molecule has 0 aliphatic rings. The highest BCUT2D eigenvalue weighted by Gasteiger charge is 2.24. The summed E-state index contributed by atoms with van der Waals surface area (Å²) < 4.78 is 4.69. The van der Waals surface area contributed by atoms with Crippen LogP contribution in [0.25, 0.3) is 0 Å². The summed E-state index contributed by atoms with van der Waals surface area (Å²) in [5, 5.41) is 2.73. The van der Waals surface area contributed by atoms with Gasteiger partial charge in [-0.2, -0.15) is 0 Å². The van der Waals surface area contributed by atoms with Crippen LogP contribution in [0.3, 0.4) is 0 Å². The number of thioether (sulfide) groups is 1. The molecule has 5 heteroatoms. The quantitative estimate of drug-likeness (QED) is 0.620. The highest BCUT2D eigenvalue weighted by molar-refractivity contribution is 7.99. The SMILES string of the molecule is COC(=O)C(NC(=O)CCSc1ccccc1)C(C)C. The molecule has 1 rings (SSSR count). The van der Waals surface area contributed by atoms with Crippen LogP contribution in [0.4, 0.5) is 0 Å². The molecule has 4 nitrogen and oxygen atoms in total. The average molecular weight is 295 g/mol. The van der Waals surface area contributed by atoms with Crippen LogP contribution in [0.5, 0.6) is 0 Å². The Hall–Kier alpha value is -1.49. The Morgan fingerprint density at radius 3 is 2.45 bits per heavy atom. The fourth-order valence-electron chi connectivity index (χ4n) is 1.65. The molecule has 0 saturated heterocycles. The van der Waals surface area contributed by atoms with Crippen LogP contribution < -0.4 is 5.32 Å².